The van der Waals surface area contributed by atoms with E-state index >= 15 is 0 Å². The Morgan fingerprint density at radius 2 is 2.14 bits per heavy atom. The van der Waals surface area contributed by atoms with E-state index in [1.807, 2.05) is 24.3 Å². The van der Waals surface area contributed by atoms with Crippen LogP contribution in [0.3, 0.4) is 0 Å². The third kappa shape index (κ3) is 3.24. The number of halogens is 1. The average Bonchev–Trinajstić information content (AvgIpc) is 2.52. The molecule has 0 fully saturated rings. The van der Waals surface area contributed by atoms with Crippen LogP contribution in [0.1, 0.15) is 29.5 Å². The van der Waals surface area contributed by atoms with Gasteiger partial charge in [0, 0.05) is 28.0 Å². The molecule has 0 spiro atoms. The predicted molar refractivity (Wildman–Crippen MR) is 84.0 cm³/mol. The smallest absolute Gasteiger partial charge is 0.120 e. The average molecular weight is 347 g/mol. The molecule has 0 saturated carbocycles. The van der Waals surface area contributed by atoms with Crippen LogP contribution in [0.4, 0.5) is 0 Å². The van der Waals surface area contributed by atoms with E-state index in [2.05, 4.69) is 26.1 Å². The Morgan fingerprint density at radius 3 is 2.95 bits per heavy atom. The van der Waals surface area contributed by atoms with Crippen LogP contribution in [-0.4, -0.2) is 15.9 Å². The highest BCUT2D eigenvalue weighted by Crippen LogP contribution is 2.26. The summed E-state index contributed by atoms with van der Waals surface area (Å²) in [7, 11) is 0. The fourth-order valence-electron chi connectivity index (χ4n) is 2.52. The van der Waals surface area contributed by atoms with Gasteiger partial charge in [0.05, 0.1) is 5.71 Å². The normalized spacial score (nSPS) is 15.8. The van der Waals surface area contributed by atoms with E-state index in [0.29, 0.717) is 6.61 Å². The molecule has 4 nitrogen and oxygen atoms in total. The van der Waals surface area contributed by atoms with Crippen molar-refractivity contribution in [1.82, 2.24) is 4.98 Å². The molecule has 0 unspecified atom stereocenters. The molecule has 1 N–H and O–H groups in total. The van der Waals surface area contributed by atoms with Crippen molar-refractivity contribution >= 4 is 21.6 Å². The maximum absolute atomic E-state index is 9.10. The van der Waals surface area contributed by atoms with Crippen LogP contribution in [0, 0.1) is 0 Å². The number of fused-ring (bicyclic) bond motifs is 1. The zero-order valence-corrected chi connectivity index (χ0v) is 13.0. The summed E-state index contributed by atoms with van der Waals surface area (Å²) in [6.45, 7) is 0.455. The lowest BCUT2D eigenvalue weighted by molar-refractivity contribution is 0.305. The molecule has 0 bridgehead atoms. The fourth-order valence-corrected chi connectivity index (χ4v) is 2.93. The molecule has 1 aliphatic carbocycles. The second kappa shape index (κ2) is 6.26. The number of aryl methyl sites for hydroxylation is 1. The lowest BCUT2D eigenvalue weighted by atomic mass is 9.90. The third-order valence-corrected chi connectivity index (χ3v) is 3.97. The van der Waals surface area contributed by atoms with Gasteiger partial charge in [0.25, 0.3) is 0 Å². The molecule has 0 radical (unpaired) electrons. The van der Waals surface area contributed by atoms with Crippen LogP contribution in [0.2, 0.25) is 0 Å². The standard InChI is InChI=1S/C16H15BrN2O2/c17-13-6-11(8-18-9-13)10-21-14-5-4-12-2-1-3-16(19-20)15(12)7-14/h4-9,20H,1-3,10H2/b19-16-. The van der Waals surface area contributed by atoms with Gasteiger partial charge in [0.1, 0.15) is 12.4 Å². The molecule has 0 amide bonds. The number of pyridine rings is 1. The number of hydrogen-bond acceptors (Lipinski definition) is 4. The Kier molecular flexibility index (Phi) is 4.20. The molecule has 1 aromatic heterocycles. The van der Waals surface area contributed by atoms with Gasteiger partial charge < -0.3 is 9.94 Å². The molecule has 108 valence electrons. The van der Waals surface area contributed by atoms with Crippen molar-refractivity contribution in [3.8, 4) is 5.75 Å². The summed E-state index contributed by atoms with van der Waals surface area (Å²) in [5, 5.41) is 12.5. The summed E-state index contributed by atoms with van der Waals surface area (Å²) in [6, 6.07) is 7.94. The highest BCUT2D eigenvalue weighted by Gasteiger charge is 2.16. The van der Waals surface area contributed by atoms with Gasteiger partial charge in [-0.05, 0) is 59.0 Å². The third-order valence-electron chi connectivity index (χ3n) is 3.54. The van der Waals surface area contributed by atoms with Crippen LogP contribution < -0.4 is 4.74 Å². The predicted octanol–water partition coefficient (Wildman–Crippen LogP) is 3.94. The van der Waals surface area contributed by atoms with Crippen LogP contribution in [0.15, 0.2) is 46.3 Å². The summed E-state index contributed by atoms with van der Waals surface area (Å²) in [6.07, 6.45) is 6.37. The molecule has 1 heterocycles. The van der Waals surface area contributed by atoms with Crippen LogP contribution in [0.5, 0.6) is 5.75 Å². The molecule has 3 rings (SSSR count). The number of ether oxygens (including phenoxy) is 1. The fraction of sp³-hybridized carbons (Fsp3) is 0.250. The molecule has 0 atom stereocenters. The number of aromatic nitrogens is 1. The van der Waals surface area contributed by atoms with Gasteiger partial charge in [-0.3, -0.25) is 4.98 Å². The van der Waals surface area contributed by atoms with E-state index in [4.69, 9.17) is 9.94 Å². The van der Waals surface area contributed by atoms with Crippen molar-refractivity contribution in [3.63, 3.8) is 0 Å². The highest BCUT2D eigenvalue weighted by molar-refractivity contribution is 9.10. The Hall–Kier alpha value is -1.88. The van der Waals surface area contributed by atoms with Gasteiger partial charge in [0.15, 0.2) is 0 Å². The van der Waals surface area contributed by atoms with Crippen molar-refractivity contribution in [2.75, 3.05) is 0 Å². The van der Waals surface area contributed by atoms with Crippen LogP contribution in [0.25, 0.3) is 0 Å². The minimum Gasteiger partial charge on any atom is -0.489 e. The van der Waals surface area contributed by atoms with E-state index < -0.39 is 0 Å². The minimum atomic E-state index is 0.455. The number of nitrogens with zero attached hydrogens (tertiary/aromatic N) is 2. The SMILES string of the molecule is O/N=C1/CCCc2ccc(OCc3cncc(Br)c3)cc21. The molecule has 1 aliphatic rings. The van der Waals surface area contributed by atoms with Crippen molar-refractivity contribution < 1.29 is 9.94 Å². The molecule has 21 heavy (non-hydrogen) atoms. The van der Waals surface area contributed by atoms with Crippen LogP contribution in [-0.2, 0) is 13.0 Å². The molecule has 2 aromatic rings. The molecule has 1 aromatic carbocycles. The van der Waals surface area contributed by atoms with E-state index in [1.165, 1.54) is 5.56 Å². The molecule has 0 saturated heterocycles. The van der Waals surface area contributed by atoms with Gasteiger partial charge in [-0.1, -0.05) is 11.2 Å². The summed E-state index contributed by atoms with van der Waals surface area (Å²) >= 11 is 3.39. The molecular formula is C16H15BrN2O2. The lowest BCUT2D eigenvalue weighted by Gasteiger charge is -2.18. The van der Waals surface area contributed by atoms with Gasteiger partial charge in [-0.2, -0.15) is 0 Å². The van der Waals surface area contributed by atoms with Crippen molar-refractivity contribution in [2.45, 2.75) is 25.9 Å². The van der Waals surface area contributed by atoms with Crippen molar-refractivity contribution in [3.05, 3.63) is 57.8 Å². The zero-order chi connectivity index (χ0) is 14.7. The monoisotopic (exact) mass is 346 g/mol. The Bertz CT molecular complexity index is 686. The highest BCUT2D eigenvalue weighted by atomic mass is 79.9. The molecular weight excluding hydrogens is 332 g/mol. The summed E-state index contributed by atoms with van der Waals surface area (Å²) in [5.74, 6) is 0.775. The van der Waals surface area contributed by atoms with Crippen LogP contribution >= 0.6 is 15.9 Å². The first-order valence-electron chi connectivity index (χ1n) is 6.83. The van der Waals surface area contributed by atoms with Gasteiger partial charge in [-0.25, -0.2) is 0 Å². The van der Waals surface area contributed by atoms with E-state index in [-0.39, 0.29) is 0 Å². The Balaban J connectivity index is 1.78. The number of rotatable bonds is 3. The largest absolute Gasteiger partial charge is 0.489 e. The van der Waals surface area contributed by atoms with Gasteiger partial charge >= 0.3 is 0 Å². The van der Waals surface area contributed by atoms with E-state index in [9.17, 15) is 0 Å². The van der Waals surface area contributed by atoms with Gasteiger partial charge in [-0.15, -0.1) is 0 Å². The summed E-state index contributed by atoms with van der Waals surface area (Å²) in [4.78, 5) is 4.11. The molecule has 0 aliphatic heterocycles. The first kappa shape index (κ1) is 14.1. The lowest BCUT2D eigenvalue weighted by Crippen LogP contribution is -2.12. The van der Waals surface area contributed by atoms with E-state index in [0.717, 1.165) is 46.3 Å². The minimum absolute atomic E-state index is 0.455. The van der Waals surface area contributed by atoms with Crippen molar-refractivity contribution in [1.29, 1.82) is 0 Å². The van der Waals surface area contributed by atoms with Crippen molar-refractivity contribution in [2.24, 2.45) is 5.16 Å². The number of hydrogen-bond donors (Lipinski definition) is 1. The quantitative estimate of drug-likeness (QED) is 0.676. The first-order chi connectivity index (χ1) is 10.3. The Labute approximate surface area is 131 Å². The second-order valence-electron chi connectivity index (χ2n) is 5.02. The maximum atomic E-state index is 9.10. The van der Waals surface area contributed by atoms with E-state index in [1.54, 1.807) is 12.4 Å². The number of oxime groups is 1. The second-order valence-corrected chi connectivity index (χ2v) is 5.93. The summed E-state index contributed by atoms with van der Waals surface area (Å²) < 4.78 is 6.74. The Morgan fingerprint density at radius 1 is 1.24 bits per heavy atom. The molecule has 5 heteroatoms. The maximum Gasteiger partial charge on any atom is 0.120 e. The van der Waals surface area contributed by atoms with Gasteiger partial charge in [0.2, 0.25) is 0 Å². The topological polar surface area (TPSA) is 54.7 Å². The zero-order valence-electron chi connectivity index (χ0n) is 11.4. The summed E-state index contributed by atoms with van der Waals surface area (Å²) in [5.41, 5.74) is 3.95. The number of benzene rings is 1. The first-order valence-corrected chi connectivity index (χ1v) is 7.62.